The van der Waals surface area contributed by atoms with Crippen LogP contribution in [0.25, 0.3) is 0 Å². The molecule has 2 aromatic rings. The molecular formula is C13H12FN3O2S. The number of primary amides is 1. The summed E-state index contributed by atoms with van der Waals surface area (Å²) in [6.45, 7) is 0. The molecule has 0 saturated carbocycles. The summed E-state index contributed by atoms with van der Waals surface area (Å²) in [4.78, 5) is 15.1. The third kappa shape index (κ3) is 3.00. The van der Waals surface area contributed by atoms with Crippen LogP contribution in [0.1, 0.15) is 15.9 Å². The van der Waals surface area contributed by atoms with Gasteiger partial charge in [-0.15, -0.1) is 0 Å². The van der Waals surface area contributed by atoms with Crippen LogP contribution in [0.5, 0.6) is 0 Å². The minimum Gasteiger partial charge on any atom is -0.396 e. The van der Waals surface area contributed by atoms with Crippen molar-refractivity contribution in [1.29, 1.82) is 0 Å². The number of hydrogen-bond acceptors (Lipinski definition) is 4. The highest BCUT2D eigenvalue weighted by atomic mass is 32.2. The van der Waals surface area contributed by atoms with Gasteiger partial charge in [-0.3, -0.25) is 14.0 Å². The van der Waals surface area contributed by atoms with Gasteiger partial charge in [-0.2, -0.15) is 0 Å². The molecule has 0 fully saturated rings. The zero-order valence-corrected chi connectivity index (χ0v) is 11.2. The number of aromatic nitrogens is 1. The standard InChI is InChI=1S/C13H12FN3O2S/c14-10-5-8(13(16)18)1-2-9(10)7-20(19)12-3-4-17-6-11(12)15/h1-6H,7,15H2,(H2,16,18). The van der Waals surface area contributed by atoms with Crippen molar-refractivity contribution >= 4 is 22.4 Å². The number of hydrogen-bond donors (Lipinski definition) is 2. The van der Waals surface area contributed by atoms with Crippen LogP contribution in [0, 0.1) is 5.82 Å². The highest BCUT2D eigenvalue weighted by molar-refractivity contribution is 7.84. The lowest BCUT2D eigenvalue weighted by Gasteiger charge is -2.07. The van der Waals surface area contributed by atoms with Crippen molar-refractivity contribution < 1.29 is 13.4 Å². The fraction of sp³-hybridized carbons (Fsp3) is 0.0769. The molecule has 7 heteroatoms. The molecule has 2 rings (SSSR count). The zero-order valence-electron chi connectivity index (χ0n) is 10.4. The van der Waals surface area contributed by atoms with Gasteiger partial charge in [-0.1, -0.05) is 6.07 Å². The van der Waals surface area contributed by atoms with E-state index < -0.39 is 22.5 Å². The van der Waals surface area contributed by atoms with Crippen LogP contribution in [0.4, 0.5) is 10.1 Å². The summed E-state index contributed by atoms with van der Waals surface area (Å²) in [5.41, 5.74) is 11.3. The monoisotopic (exact) mass is 293 g/mol. The van der Waals surface area contributed by atoms with Gasteiger partial charge in [-0.25, -0.2) is 4.39 Å². The number of nitrogens with two attached hydrogens (primary N) is 2. The number of amides is 1. The van der Waals surface area contributed by atoms with E-state index in [9.17, 15) is 13.4 Å². The van der Waals surface area contributed by atoms with Crippen LogP contribution in [0.15, 0.2) is 41.6 Å². The van der Waals surface area contributed by atoms with E-state index in [1.165, 1.54) is 30.6 Å². The number of carbonyl (C=O) groups excluding carboxylic acids is 1. The second-order valence-electron chi connectivity index (χ2n) is 4.07. The van der Waals surface area contributed by atoms with E-state index in [-0.39, 0.29) is 16.9 Å². The second kappa shape index (κ2) is 5.79. The van der Waals surface area contributed by atoms with Crippen LogP contribution in [0.2, 0.25) is 0 Å². The summed E-state index contributed by atoms with van der Waals surface area (Å²) in [6.07, 6.45) is 2.86. The lowest BCUT2D eigenvalue weighted by atomic mass is 10.1. The van der Waals surface area contributed by atoms with Crippen LogP contribution in [0.3, 0.4) is 0 Å². The zero-order chi connectivity index (χ0) is 14.7. The van der Waals surface area contributed by atoms with Crippen molar-refractivity contribution in [2.75, 3.05) is 5.73 Å². The second-order valence-corrected chi connectivity index (χ2v) is 5.49. The summed E-state index contributed by atoms with van der Waals surface area (Å²) in [5.74, 6) is -1.38. The third-order valence-electron chi connectivity index (χ3n) is 2.68. The SMILES string of the molecule is NC(=O)c1ccc(CS(=O)c2ccncc2N)c(F)c1. The molecule has 0 radical (unpaired) electrons. The molecule has 104 valence electrons. The number of pyridine rings is 1. The molecule has 4 N–H and O–H groups in total. The van der Waals surface area contributed by atoms with E-state index in [4.69, 9.17) is 11.5 Å². The average molecular weight is 293 g/mol. The van der Waals surface area contributed by atoms with Gasteiger partial charge in [0.1, 0.15) is 5.82 Å². The van der Waals surface area contributed by atoms with E-state index in [0.29, 0.717) is 10.6 Å². The predicted octanol–water partition coefficient (Wildman–Crippen LogP) is 1.21. The van der Waals surface area contributed by atoms with Crippen molar-refractivity contribution in [3.05, 3.63) is 53.6 Å². The fourth-order valence-electron chi connectivity index (χ4n) is 1.64. The highest BCUT2D eigenvalue weighted by Gasteiger charge is 2.13. The minimum absolute atomic E-state index is 0.0426. The lowest BCUT2D eigenvalue weighted by molar-refractivity contribution is 0.1000. The number of benzene rings is 1. The summed E-state index contributed by atoms with van der Waals surface area (Å²) < 4.78 is 26.0. The number of rotatable bonds is 4. The minimum atomic E-state index is -1.49. The Kier molecular flexibility index (Phi) is 4.09. The van der Waals surface area contributed by atoms with Gasteiger partial charge in [0.05, 0.1) is 33.3 Å². The van der Waals surface area contributed by atoms with Crippen molar-refractivity contribution in [2.24, 2.45) is 5.73 Å². The van der Waals surface area contributed by atoms with E-state index in [2.05, 4.69) is 4.98 Å². The van der Waals surface area contributed by atoms with Gasteiger partial charge in [0, 0.05) is 17.3 Å². The Labute approximate surface area is 117 Å². The van der Waals surface area contributed by atoms with Crippen molar-refractivity contribution in [3.8, 4) is 0 Å². The molecule has 0 bridgehead atoms. The van der Waals surface area contributed by atoms with E-state index in [0.717, 1.165) is 6.07 Å². The summed E-state index contributed by atoms with van der Waals surface area (Å²) in [6, 6.07) is 5.35. The maximum Gasteiger partial charge on any atom is 0.248 e. The maximum absolute atomic E-state index is 13.8. The number of nitrogen functional groups attached to an aromatic ring is 1. The van der Waals surface area contributed by atoms with E-state index in [1.807, 2.05) is 0 Å². The molecule has 0 saturated heterocycles. The van der Waals surface area contributed by atoms with Gasteiger partial charge in [-0.05, 0) is 18.2 Å². The molecule has 1 aromatic carbocycles. The number of nitrogens with zero attached hydrogens (tertiary/aromatic N) is 1. The van der Waals surface area contributed by atoms with Crippen LogP contribution in [-0.4, -0.2) is 15.1 Å². The first kappa shape index (κ1) is 14.1. The Balaban J connectivity index is 2.25. The summed E-state index contributed by atoms with van der Waals surface area (Å²) in [5, 5.41) is 0. The molecule has 1 atom stereocenters. The Morgan fingerprint density at radius 3 is 2.70 bits per heavy atom. The summed E-state index contributed by atoms with van der Waals surface area (Å²) >= 11 is 0. The molecule has 0 spiro atoms. The van der Waals surface area contributed by atoms with Gasteiger partial charge >= 0.3 is 0 Å². The van der Waals surface area contributed by atoms with Crippen LogP contribution < -0.4 is 11.5 Å². The van der Waals surface area contributed by atoms with Crippen molar-refractivity contribution in [2.45, 2.75) is 10.6 Å². The van der Waals surface area contributed by atoms with Gasteiger partial charge in [0.2, 0.25) is 5.91 Å². The predicted molar refractivity (Wildman–Crippen MR) is 73.7 cm³/mol. The molecule has 0 aliphatic carbocycles. The van der Waals surface area contributed by atoms with E-state index in [1.54, 1.807) is 0 Å². The van der Waals surface area contributed by atoms with Gasteiger partial charge < -0.3 is 11.5 Å². The van der Waals surface area contributed by atoms with Crippen LogP contribution >= 0.6 is 0 Å². The fourth-order valence-corrected chi connectivity index (χ4v) is 2.84. The van der Waals surface area contributed by atoms with Crippen LogP contribution in [-0.2, 0) is 16.6 Å². The Morgan fingerprint density at radius 1 is 1.35 bits per heavy atom. The lowest BCUT2D eigenvalue weighted by Crippen LogP contribution is -2.12. The Morgan fingerprint density at radius 2 is 2.10 bits per heavy atom. The molecule has 1 heterocycles. The molecule has 0 aliphatic rings. The quantitative estimate of drug-likeness (QED) is 0.885. The first-order chi connectivity index (χ1) is 9.49. The molecular weight excluding hydrogens is 281 g/mol. The Hall–Kier alpha value is -2.28. The van der Waals surface area contributed by atoms with Gasteiger partial charge in [0.15, 0.2) is 0 Å². The number of halogens is 1. The molecule has 5 nitrogen and oxygen atoms in total. The molecule has 0 aliphatic heterocycles. The highest BCUT2D eigenvalue weighted by Crippen LogP contribution is 2.19. The van der Waals surface area contributed by atoms with Crippen molar-refractivity contribution in [1.82, 2.24) is 4.98 Å². The third-order valence-corrected chi connectivity index (χ3v) is 4.12. The summed E-state index contributed by atoms with van der Waals surface area (Å²) in [7, 11) is -1.49. The first-order valence-corrected chi connectivity index (χ1v) is 6.97. The number of carbonyl (C=O) groups is 1. The smallest absolute Gasteiger partial charge is 0.248 e. The molecule has 1 aromatic heterocycles. The van der Waals surface area contributed by atoms with E-state index >= 15 is 0 Å². The number of anilines is 1. The van der Waals surface area contributed by atoms with Crippen molar-refractivity contribution in [3.63, 3.8) is 0 Å². The topological polar surface area (TPSA) is 99.1 Å². The normalized spacial score (nSPS) is 12.1. The first-order valence-electron chi connectivity index (χ1n) is 5.65. The molecule has 1 unspecified atom stereocenters. The largest absolute Gasteiger partial charge is 0.396 e. The van der Waals surface area contributed by atoms with Gasteiger partial charge in [0.25, 0.3) is 0 Å². The molecule has 1 amide bonds. The molecule has 20 heavy (non-hydrogen) atoms. The average Bonchev–Trinajstić information content (AvgIpc) is 2.41. The Bertz CT molecular complexity index is 691. The maximum atomic E-state index is 13.8.